The molecule has 0 aromatic carbocycles. The van der Waals surface area contributed by atoms with Crippen molar-refractivity contribution in [2.75, 3.05) is 0 Å². The van der Waals surface area contributed by atoms with Gasteiger partial charge in [0.15, 0.2) is 0 Å². The van der Waals surface area contributed by atoms with E-state index >= 15 is 0 Å². The maximum atomic E-state index is 10.4. The molecule has 0 aliphatic rings. The Bertz CT molecular complexity index is 295. The maximum absolute atomic E-state index is 10.4. The van der Waals surface area contributed by atoms with Gasteiger partial charge in [0.2, 0.25) is 0 Å². The van der Waals surface area contributed by atoms with Crippen molar-refractivity contribution in [3.63, 3.8) is 0 Å². The van der Waals surface area contributed by atoms with Crippen LogP contribution in [0.3, 0.4) is 0 Å². The highest BCUT2D eigenvalue weighted by Gasteiger charge is 2.71. The molecule has 0 aliphatic carbocycles. The van der Waals surface area contributed by atoms with Crippen LogP contribution in [0.1, 0.15) is 0 Å². The van der Waals surface area contributed by atoms with E-state index in [9.17, 15) is 13.7 Å². The van der Waals surface area contributed by atoms with E-state index in [0.717, 1.165) is 0 Å². The van der Waals surface area contributed by atoms with Crippen LogP contribution in [-0.4, -0.2) is 39.3 Å². The molecule has 0 radical (unpaired) electrons. The van der Waals surface area contributed by atoms with Crippen molar-refractivity contribution in [2.24, 2.45) is 0 Å². The average Bonchev–Trinajstić information content (AvgIpc) is 1.77. The SMILES string of the molecule is O=P(O)(O)C(O)(P(=O)(O)O)P(=O)(O)O. The summed E-state index contributed by atoms with van der Waals surface area (Å²) in [6.45, 7) is 0. The second-order valence-electron chi connectivity index (χ2n) is 2.23. The first-order valence-electron chi connectivity index (χ1n) is 2.64. The van der Waals surface area contributed by atoms with Crippen molar-refractivity contribution in [3.05, 3.63) is 0 Å². The molecule has 0 aliphatic heterocycles. The van der Waals surface area contributed by atoms with E-state index in [2.05, 4.69) is 0 Å². The standard InChI is InChI=1S/CH7O10P3/c2-1(12(3,4)5,13(6,7)8)14(9,10)11/h2H,(H2,3,4,5)(H2,6,7,8)(H2,9,10,11). The topological polar surface area (TPSA) is 193 Å². The summed E-state index contributed by atoms with van der Waals surface area (Å²) in [7, 11) is -18.3. The summed E-state index contributed by atoms with van der Waals surface area (Å²) in [6, 6.07) is 0. The van der Waals surface area contributed by atoms with Gasteiger partial charge in [0, 0.05) is 0 Å². The molecule has 13 heteroatoms. The Labute approximate surface area is 76.7 Å². The highest BCUT2D eigenvalue weighted by molar-refractivity contribution is 7.88. The molecule has 0 spiro atoms. The van der Waals surface area contributed by atoms with Gasteiger partial charge in [0.25, 0.3) is 0 Å². The van der Waals surface area contributed by atoms with E-state index in [-0.39, 0.29) is 0 Å². The molecule has 0 atom stereocenters. The molecule has 0 heterocycles. The molecule has 0 saturated heterocycles. The van der Waals surface area contributed by atoms with Gasteiger partial charge in [-0.15, -0.1) is 0 Å². The van der Waals surface area contributed by atoms with E-state index in [0.29, 0.717) is 0 Å². The highest BCUT2D eigenvalue weighted by Crippen LogP contribution is 2.81. The summed E-state index contributed by atoms with van der Waals surface area (Å²) in [4.78, 5) is 45.0. The third-order valence-corrected chi connectivity index (χ3v) is 8.21. The Balaban J connectivity index is 5.95. The van der Waals surface area contributed by atoms with Gasteiger partial charge >= 0.3 is 27.6 Å². The molecule has 10 nitrogen and oxygen atoms in total. The van der Waals surface area contributed by atoms with Gasteiger partial charge in [0.1, 0.15) is 0 Å². The van der Waals surface area contributed by atoms with Gasteiger partial charge in [-0.25, -0.2) is 0 Å². The Hall–Kier alpha value is 0.410. The molecule has 0 saturated carbocycles. The monoisotopic (exact) mass is 272 g/mol. The minimum Gasteiger partial charge on any atom is -0.358 e. The van der Waals surface area contributed by atoms with Crippen molar-refractivity contribution in [2.45, 2.75) is 4.82 Å². The van der Waals surface area contributed by atoms with Gasteiger partial charge in [-0.2, -0.15) is 0 Å². The first kappa shape index (κ1) is 14.4. The molecule has 0 amide bonds. The predicted octanol–water partition coefficient (Wildman–Crippen LogP) is -1.88. The summed E-state index contributed by atoms with van der Waals surface area (Å²) in [5.41, 5.74) is 0. The Morgan fingerprint density at radius 2 is 0.786 bits per heavy atom. The zero-order chi connectivity index (χ0) is 12.0. The summed E-state index contributed by atoms with van der Waals surface area (Å²) in [5, 5.41) is 8.73. The zero-order valence-corrected chi connectivity index (χ0v) is 8.88. The Kier molecular flexibility index (Phi) is 3.57. The van der Waals surface area contributed by atoms with Crippen LogP contribution in [-0.2, 0) is 13.7 Å². The molecule has 7 N–H and O–H groups in total. The lowest BCUT2D eigenvalue weighted by molar-refractivity contribution is 0.161. The Morgan fingerprint density at radius 1 is 0.643 bits per heavy atom. The van der Waals surface area contributed by atoms with Crippen molar-refractivity contribution in [3.8, 4) is 0 Å². The van der Waals surface area contributed by atoms with Gasteiger partial charge in [-0.3, -0.25) is 13.7 Å². The summed E-state index contributed by atoms with van der Waals surface area (Å²) < 4.78 is 31.2. The molecule has 0 aromatic heterocycles. The van der Waals surface area contributed by atoms with Gasteiger partial charge in [0.05, 0.1) is 0 Å². The second kappa shape index (κ2) is 3.47. The third-order valence-electron chi connectivity index (χ3n) is 1.17. The smallest absolute Gasteiger partial charge is 0.358 e. The molecule has 14 heavy (non-hydrogen) atoms. The van der Waals surface area contributed by atoms with E-state index < -0.39 is 27.6 Å². The molecular weight excluding hydrogens is 265 g/mol. The van der Waals surface area contributed by atoms with Gasteiger partial charge in [-0.1, -0.05) is 0 Å². The lowest BCUT2D eigenvalue weighted by atomic mass is 11.6. The highest BCUT2D eigenvalue weighted by atomic mass is 31.3. The van der Waals surface area contributed by atoms with Gasteiger partial charge < -0.3 is 34.5 Å². The van der Waals surface area contributed by atoms with Crippen molar-refractivity contribution < 1.29 is 48.2 Å². The van der Waals surface area contributed by atoms with Crippen LogP contribution >= 0.6 is 22.8 Å². The number of hydrogen-bond donors (Lipinski definition) is 7. The van der Waals surface area contributed by atoms with Crippen LogP contribution in [0, 0.1) is 0 Å². The van der Waals surface area contributed by atoms with E-state index in [1.165, 1.54) is 0 Å². The van der Waals surface area contributed by atoms with E-state index in [1.807, 2.05) is 0 Å². The second-order valence-corrected chi connectivity index (χ2v) is 8.50. The summed E-state index contributed by atoms with van der Waals surface area (Å²) in [6.07, 6.45) is 0. The molecule has 0 fully saturated rings. The summed E-state index contributed by atoms with van der Waals surface area (Å²) in [5.74, 6) is 0. The maximum Gasteiger partial charge on any atom is 0.382 e. The average molecular weight is 272 g/mol. The summed E-state index contributed by atoms with van der Waals surface area (Å²) >= 11 is 0. The fourth-order valence-electron chi connectivity index (χ4n) is 0.509. The normalized spacial score (nSPS) is 15.6. The molecule has 0 aromatic rings. The quantitative estimate of drug-likeness (QED) is 0.286. The molecule has 0 bridgehead atoms. The van der Waals surface area contributed by atoms with Gasteiger partial charge in [-0.05, 0) is 0 Å². The fraction of sp³-hybridized carbons (Fsp3) is 1.00. The van der Waals surface area contributed by atoms with E-state index in [4.69, 9.17) is 34.5 Å². The van der Waals surface area contributed by atoms with Crippen LogP contribution in [0.25, 0.3) is 0 Å². The minimum atomic E-state index is -6.10. The molecule has 0 rings (SSSR count). The largest absolute Gasteiger partial charge is 0.382 e. The minimum absolute atomic E-state index is 4.69. The van der Waals surface area contributed by atoms with Crippen LogP contribution in [0.4, 0.5) is 0 Å². The van der Waals surface area contributed by atoms with Crippen LogP contribution < -0.4 is 0 Å². The lowest BCUT2D eigenvalue weighted by Gasteiger charge is -2.28. The third kappa shape index (κ3) is 2.15. The zero-order valence-electron chi connectivity index (χ0n) is 6.20. The molecule has 0 unspecified atom stereocenters. The van der Waals surface area contributed by atoms with Crippen molar-refractivity contribution in [1.82, 2.24) is 0 Å². The first-order chi connectivity index (χ1) is 5.75. The van der Waals surface area contributed by atoms with Crippen molar-refractivity contribution in [1.29, 1.82) is 0 Å². The first-order valence-corrected chi connectivity index (χ1v) is 7.48. The van der Waals surface area contributed by atoms with Crippen molar-refractivity contribution >= 4 is 22.8 Å². The van der Waals surface area contributed by atoms with E-state index in [1.54, 1.807) is 0 Å². The van der Waals surface area contributed by atoms with Crippen LogP contribution in [0.15, 0.2) is 0 Å². The number of hydrogen-bond acceptors (Lipinski definition) is 4. The lowest BCUT2D eigenvalue weighted by Crippen LogP contribution is -2.28. The number of aliphatic hydroxyl groups is 1. The fourth-order valence-corrected chi connectivity index (χ4v) is 4.58. The predicted molar refractivity (Wildman–Crippen MR) is 41.1 cm³/mol. The Morgan fingerprint density at radius 3 is 0.786 bits per heavy atom. The molecule has 86 valence electrons. The molecular formula is CH7O10P3. The van der Waals surface area contributed by atoms with Crippen LogP contribution in [0.2, 0.25) is 0 Å². The number of rotatable bonds is 3. The van der Waals surface area contributed by atoms with Crippen LogP contribution in [0.5, 0.6) is 0 Å².